The fraction of sp³-hybridized carbons (Fsp3) is 0.400. The van der Waals surface area contributed by atoms with Crippen molar-refractivity contribution in [1.82, 2.24) is 20.0 Å². The predicted molar refractivity (Wildman–Crippen MR) is 93.3 cm³/mol. The van der Waals surface area contributed by atoms with Crippen molar-refractivity contribution in [1.29, 1.82) is 0 Å². The van der Waals surface area contributed by atoms with Crippen LogP contribution in [0.3, 0.4) is 0 Å². The lowest BCUT2D eigenvalue weighted by Gasteiger charge is -2.17. The maximum absolute atomic E-state index is 12.3. The third kappa shape index (κ3) is 3.09. The molecule has 0 fully saturated rings. The summed E-state index contributed by atoms with van der Waals surface area (Å²) >= 11 is 2.90. The molecular formula is C15H18N4O2S2. The van der Waals surface area contributed by atoms with Gasteiger partial charge in [0.05, 0.1) is 10.4 Å². The molecule has 6 nitrogen and oxygen atoms in total. The third-order valence-electron chi connectivity index (χ3n) is 3.71. The molecule has 0 saturated carbocycles. The van der Waals surface area contributed by atoms with Crippen molar-refractivity contribution >= 4 is 49.8 Å². The molecule has 2 atom stereocenters. The third-order valence-corrected chi connectivity index (χ3v) is 5.48. The van der Waals surface area contributed by atoms with E-state index >= 15 is 0 Å². The smallest absolute Gasteiger partial charge is 0.262 e. The Morgan fingerprint density at radius 3 is 2.87 bits per heavy atom. The van der Waals surface area contributed by atoms with Gasteiger partial charge in [-0.2, -0.15) is 0 Å². The van der Waals surface area contributed by atoms with Crippen LogP contribution in [0.1, 0.15) is 36.9 Å². The Hall–Kier alpha value is -1.93. The second-order valence-electron chi connectivity index (χ2n) is 5.48. The minimum Gasteiger partial charge on any atom is -0.352 e. The van der Waals surface area contributed by atoms with Crippen LogP contribution in [0, 0.1) is 0 Å². The molecule has 3 aromatic rings. The van der Waals surface area contributed by atoms with Gasteiger partial charge in [0.15, 0.2) is 4.96 Å². The zero-order valence-corrected chi connectivity index (χ0v) is 14.8. The number of hydrogen-bond donors (Lipinski definition) is 2. The van der Waals surface area contributed by atoms with E-state index in [1.165, 1.54) is 11.3 Å². The molecule has 0 aliphatic rings. The van der Waals surface area contributed by atoms with Gasteiger partial charge >= 0.3 is 0 Å². The van der Waals surface area contributed by atoms with Gasteiger partial charge in [0, 0.05) is 17.6 Å². The van der Waals surface area contributed by atoms with Gasteiger partial charge in [0.2, 0.25) is 5.91 Å². The maximum Gasteiger partial charge on any atom is 0.262 e. The largest absolute Gasteiger partial charge is 0.352 e. The number of carbonyl (C=O) groups is 2. The molecule has 0 saturated heterocycles. The van der Waals surface area contributed by atoms with Crippen molar-refractivity contribution < 1.29 is 9.59 Å². The Bertz CT molecular complexity index is 863. The summed E-state index contributed by atoms with van der Waals surface area (Å²) in [6.07, 6.45) is 2.79. The Labute approximate surface area is 141 Å². The average Bonchev–Trinajstić information content (AvgIpc) is 3.18. The fourth-order valence-electron chi connectivity index (χ4n) is 2.16. The predicted octanol–water partition coefficient (Wildman–Crippen LogP) is 2.64. The highest BCUT2D eigenvalue weighted by Crippen LogP contribution is 2.28. The van der Waals surface area contributed by atoms with Crippen LogP contribution in [0.5, 0.6) is 0 Å². The number of nitrogens with zero attached hydrogens (tertiary/aromatic N) is 2. The number of thiazole rings is 1. The lowest BCUT2D eigenvalue weighted by molar-refractivity contribution is -0.123. The fourth-order valence-corrected chi connectivity index (χ4v) is 3.87. The number of rotatable bonds is 5. The van der Waals surface area contributed by atoms with Crippen LogP contribution in [-0.2, 0) is 4.79 Å². The van der Waals surface area contributed by atoms with Crippen molar-refractivity contribution in [2.24, 2.45) is 0 Å². The first kappa shape index (κ1) is 15.9. The quantitative estimate of drug-likeness (QED) is 0.743. The highest BCUT2D eigenvalue weighted by atomic mass is 32.1. The molecule has 0 aliphatic carbocycles. The van der Waals surface area contributed by atoms with Crippen LogP contribution in [0.2, 0.25) is 0 Å². The number of carbonyl (C=O) groups excluding carboxylic acids is 2. The SMILES string of the molecule is CCC(C)NC(=O)C(C)NC(=O)c1cc2c(nc3sccn32)s1. The molecule has 3 rings (SSSR count). The number of hydrogen-bond acceptors (Lipinski definition) is 5. The van der Waals surface area contributed by atoms with Crippen molar-refractivity contribution in [3.63, 3.8) is 0 Å². The van der Waals surface area contributed by atoms with Gasteiger partial charge in [0.1, 0.15) is 10.9 Å². The maximum atomic E-state index is 12.3. The van der Waals surface area contributed by atoms with Gasteiger partial charge in [-0.25, -0.2) is 4.98 Å². The van der Waals surface area contributed by atoms with Crippen LogP contribution < -0.4 is 10.6 Å². The molecule has 0 bridgehead atoms. The van der Waals surface area contributed by atoms with Gasteiger partial charge in [-0.05, 0) is 26.3 Å². The zero-order chi connectivity index (χ0) is 16.6. The van der Waals surface area contributed by atoms with Crippen LogP contribution in [0.25, 0.3) is 15.3 Å². The van der Waals surface area contributed by atoms with Gasteiger partial charge in [-0.3, -0.25) is 14.0 Å². The molecule has 2 amide bonds. The molecule has 3 aromatic heterocycles. The first-order valence-electron chi connectivity index (χ1n) is 7.46. The summed E-state index contributed by atoms with van der Waals surface area (Å²) in [6.45, 7) is 5.63. The zero-order valence-electron chi connectivity index (χ0n) is 13.1. The Morgan fingerprint density at radius 1 is 1.35 bits per heavy atom. The van der Waals surface area contributed by atoms with Crippen LogP contribution in [-0.4, -0.2) is 33.3 Å². The number of amides is 2. The van der Waals surface area contributed by atoms with Gasteiger partial charge < -0.3 is 10.6 Å². The Balaban J connectivity index is 1.72. The molecule has 0 spiro atoms. The highest BCUT2D eigenvalue weighted by Gasteiger charge is 2.20. The monoisotopic (exact) mass is 350 g/mol. The number of thiophene rings is 1. The van der Waals surface area contributed by atoms with E-state index in [0.29, 0.717) is 4.88 Å². The molecule has 3 heterocycles. The molecule has 0 aromatic carbocycles. The Kier molecular flexibility index (Phi) is 4.36. The van der Waals surface area contributed by atoms with Crippen molar-refractivity contribution in [3.05, 3.63) is 22.5 Å². The highest BCUT2D eigenvalue weighted by molar-refractivity contribution is 7.21. The van der Waals surface area contributed by atoms with Gasteiger partial charge in [-0.1, -0.05) is 6.92 Å². The minimum atomic E-state index is -0.574. The molecule has 8 heteroatoms. The van der Waals surface area contributed by atoms with E-state index in [1.807, 2.05) is 35.9 Å². The van der Waals surface area contributed by atoms with E-state index in [9.17, 15) is 9.59 Å². The summed E-state index contributed by atoms with van der Waals surface area (Å²) in [5.41, 5.74) is 0.924. The molecule has 2 N–H and O–H groups in total. The summed E-state index contributed by atoms with van der Waals surface area (Å²) in [7, 11) is 0. The molecular weight excluding hydrogens is 332 g/mol. The first-order valence-corrected chi connectivity index (χ1v) is 9.15. The molecule has 0 radical (unpaired) electrons. The lowest BCUT2D eigenvalue weighted by atomic mass is 10.2. The van der Waals surface area contributed by atoms with Crippen LogP contribution in [0.15, 0.2) is 17.6 Å². The molecule has 122 valence electrons. The normalized spacial score (nSPS) is 14.0. The Morgan fingerprint density at radius 2 is 2.13 bits per heavy atom. The van der Waals surface area contributed by atoms with E-state index < -0.39 is 6.04 Å². The standard InChI is InChI=1S/C15H18N4O2S2/c1-4-8(2)16-12(20)9(3)17-13(21)11-7-10-14(23-11)18-15-19(10)5-6-22-15/h5-9H,4H2,1-3H3,(H,16,20)(H,17,21). The van der Waals surface area contributed by atoms with E-state index in [2.05, 4.69) is 15.6 Å². The molecule has 0 aliphatic heterocycles. The van der Waals surface area contributed by atoms with E-state index in [-0.39, 0.29) is 17.9 Å². The second kappa shape index (κ2) is 6.29. The minimum absolute atomic E-state index is 0.0969. The van der Waals surface area contributed by atoms with Crippen LogP contribution >= 0.6 is 22.7 Å². The summed E-state index contributed by atoms with van der Waals surface area (Å²) in [6, 6.07) is 1.34. The lowest BCUT2D eigenvalue weighted by Crippen LogP contribution is -2.47. The second-order valence-corrected chi connectivity index (χ2v) is 7.39. The number of fused-ring (bicyclic) bond motifs is 3. The first-order chi connectivity index (χ1) is 11.0. The average molecular weight is 350 g/mol. The van der Waals surface area contributed by atoms with E-state index in [1.54, 1.807) is 18.3 Å². The topological polar surface area (TPSA) is 75.5 Å². The number of imidazole rings is 1. The van der Waals surface area contributed by atoms with Crippen molar-refractivity contribution in [3.8, 4) is 0 Å². The number of aromatic nitrogens is 2. The number of nitrogens with one attached hydrogen (secondary N) is 2. The van der Waals surface area contributed by atoms with Crippen molar-refractivity contribution in [2.75, 3.05) is 0 Å². The van der Waals surface area contributed by atoms with Gasteiger partial charge in [-0.15, -0.1) is 22.7 Å². The summed E-state index contributed by atoms with van der Waals surface area (Å²) in [5, 5.41) is 7.56. The van der Waals surface area contributed by atoms with E-state index in [4.69, 9.17) is 0 Å². The molecule has 23 heavy (non-hydrogen) atoms. The van der Waals surface area contributed by atoms with E-state index in [0.717, 1.165) is 21.7 Å². The van der Waals surface area contributed by atoms with Gasteiger partial charge in [0.25, 0.3) is 5.91 Å². The summed E-state index contributed by atoms with van der Waals surface area (Å²) < 4.78 is 1.96. The van der Waals surface area contributed by atoms with Crippen molar-refractivity contribution in [2.45, 2.75) is 39.3 Å². The summed E-state index contributed by atoms with van der Waals surface area (Å²) in [4.78, 5) is 31.1. The van der Waals surface area contributed by atoms with Crippen LogP contribution in [0.4, 0.5) is 0 Å². The molecule has 2 unspecified atom stereocenters. The summed E-state index contributed by atoms with van der Waals surface area (Å²) in [5.74, 6) is -0.417.